The number of nitrogen functional groups attached to an aromatic ring is 1. The minimum Gasteiger partial charge on any atom is -0.476 e. The second-order valence-electron chi connectivity index (χ2n) is 5.81. The first kappa shape index (κ1) is 14.9. The van der Waals surface area contributed by atoms with Crippen LogP contribution in [0.1, 0.15) is 33.1 Å². The van der Waals surface area contributed by atoms with Gasteiger partial charge in [-0.15, -0.1) is 0 Å². The van der Waals surface area contributed by atoms with E-state index >= 15 is 0 Å². The molecule has 1 aliphatic rings. The monoisotopic (exact) mass is 279 g/mol. The van der Waals surface area contributed by atoms with Gasteiger partial charge in [-0.2, -0.15) is 4.98 Å². The highest BCUT2D eigenvalue weighted by atomic mass is 16.5. The van der Waals surface area contributed by atoms with Gasteiger partial charge in [0, 0.05) is 13.2 Å². The Labute approximate surface area is 120 Å². The Morgan fingerprint density at radius 3 is 2.85 bits per heavy atom. The van der Waals surface area contributed by atoms with Crippen molar-refractivity contribution in [2.75, 3.05) is 24.8 Å². The molecule has 1 aromatic rings. The van der Waals surface area contributed by atoms with Crippen LogP contribution in [0, 0.1) is 5.92 Å². The van der Waals surface area contributed by atoms with Gasteiger partial charge in [0.1, 0.15) is 5.82 Å². The number of hydrogen-bond donors (Lipinski definition) is 2. The summed E-state index contributed by atoms with van der Waals surface area (Å²) in [5.74, 6) is 1.79. The zero-order valence-electron chi connectivity index (χ0n) is 12.6. The number of nitrogens with one attached hydrogen (secondary N) is 1. The highest BCUT2D eigenvalue weighted by Crippen LogP contribution is 2.26. The molecule has 2 unspecified atom stereocenters. The number of ether oxygens (including phenoxy) is 2. The third kappa shape index (κ3) is 4.00. The third-order valence-electron chi connectivity index (χ3n) is 3.51. The van der Waals surface area contributed by atoms with Crippen LogP contribution in [0.5, 0.6) is 5.88 Å². The number of rotatable bonds is 6. The van der Waals surface area contributed by atoms with E-state index in [-0.39, 0.29) is 0 Å². The molecule has 5 heteroatoms. The van der Waals surface area contributed by atoms with E-state index in [1.54, 1.807) is 7.11 Å². The fourth-order valence-corrected chi connectivity index (χ4v) is 2.39. The number of nitrogens with zero attached hydrogens (tertiary/aromatic N) is 1. The molecule has 0 saturated heterocycles. The normalized spacial score (nSPS) is 22.2. The van der Waals surface area contributed by atoms with Gasteiger partial charge in [-0.1, -0.05) is 13.8 Å². The lowest BCUT2D eigenvalue weighted by molar-refractivity contribution is 0.108. The van der Waals surface area contributed by atoms with E-state index < -0.39 is 0 Å². The maximum atomic E-state index is 5.89. The number of pyridine rings is 1. The average Bonchev–Trinajstić information content (AvgIpc) is 2.87. The minimum absolute atomic E-state index is 0.359. The van der Waals surface area contributed by atoms with Gasteiger partial charge in [0.05, 0.1) is 18.4 Å². The SMILES string of the molecule is COC1CCC(Nc2ccc(N)c(OCC(C)C)n2)C1. The summed E-state index contributed by atoms with van der Waals surface area (Å²) in [6, 6.07) is 4.15. The molecule has 2 atom stereocenters. The number of hydrogen-bond acceptors (Lipinski definition) is 5. The molecule has 0 aromatic carbocycles. The van der Waals surface area contributed by atoms with Crippen molar-refractivity contribution in [3.8, 4) is 5.88 Å². The van der Waals surface area contributed by atoms with Crippen LogP contribution in [0.15, 0.2) is 12.1 Å². The second kappa shape index (κ2) is 6.79. The van der Waals surface area contributed by atoms with Crippen LogP contribution < -0.4 is 15.8 Å². The van der Waals surface area contributed by atoms with Crippen LogP contribution in [0.3, 0.4) is 0 Å². The average molecular weight is 279 g/mol. The lowest BCUT2D eigenvalue weighted by Gasteiger charge is -2.16. The summed E-state index contributed by atoms with van der Waals surface area (Å²) in [6.07, 6.45) is 3.58. The summed E-state index contributed by atoms with van der Waals surface area (Å²) in [6.45, 7) is 4.82. The molecular formula is C15H25N3O2. The molecule has 1 aromatic heterocycles. The Morgan fingerprint density at radius 1 is 1.40 bits per heavy atom. The summed E-state index contributed by atoms with van der Waals surface area (Å²) in [7, 11) is 1.77. The van der Waals surface area contributed by atoms with E-state index in [4.69, 9.17) is 15.2 Å². The largest absolute Gasteiger partial charge is 0.476 e. The van der Waals surface area contributed by atoms with Gasteiger partial charge in [-0.25, -0.2) is 0 Å². The highest BCUT2D eigenvalue weighted by Gasteiger charge is 2.24. The first-order valence-corrected chi connectivity index (χ1v) is 7.27. The van der Waals surface area contributed by atoms with Gasteiger partial charge in [-0.05, 0) is 37.3 Å². The standard InChI is InChI=1S/C15H25N3O2/c1-10(2)9-20-15-13(16)6-7-14(18-15)17-11-4-5-12(8-11)19-3/h6-7,10-12H,4-5,8-9,16H2,1-3H3,(H,17,18). The van der Waals surface area contributed by atoms with Gasteiger partial charge in [-0.3, -0.25) is 0 Å². The van der Waals surface area contributed by atoms with Crippen molar-refractivity contribution in [2.45, 2.75) is 45.3 Å². The molecule has 0 amide bonds. The third-order valence-corrected chi connectivity index (χ3v) is 3.51. The summed E-state index contributed by atoms with van der Waals surface area (Å²) in [5.41, 5.74) is 6.47. The molecule has 5 nitrogen and oxygen atoms in total. The first-order valence-electron chi connectivity index (χ1n) is 7.27. The predicted molar refractivity (Wildman–Crippen MR) is 81.0 cm³/mol. The van der Waals surface area contributed by atoms with E-state index in [1.165, 1.54) is 0 Å². The Morgan fingerprint density at radius 2 is 2.20 bits per heavy atom. The van der Waals surface area contributed by atoms with Crippen LogP contribution in [-0.2, 0) is 4.74 Å². The molecule has 20 heavy (non-hydrogen) atoms. The van der Waals surface area contributed by atoms with Gasteiger partial charge in [0.15, 0.2) is 0 Å². The van der Waals surface area contributed by atoms with Crippen molar-refractivity contribution in [1.29, 1.82) is 0 Å². The lowest BCUT2D eigenvalue weighted by atomic mass is 10.2. The Balaban J connectivity index is 1.96. The van der Waals surface area contributed by atoms with Crippen molar-refractivity contribution in [3.05, 3.63) is 12.1 Å². The van der Waals surface area contributed by atoms with Gasteiger partial charge >= 0.3 is 0 Å². The Kier molecular flexibility index (Phi) is 5.06. The molecule has 112 valence electrons. The summed E-state index contributed by atoms with van der Waals surface area (Å²) >= 11 is 0. The number of anilines is 2. The molecule has 1 heterocycles. The topological polar surface area (TPSA) is 69.4 Å². The number of aromatic nitrogens is 1. The van der Waals surface area contributed by atoms with E-state index in [1.807, 2.05) is 12.1 Å². The van der Waals surface area contributed by atoms with Crippen LogP contribution in [0.25, 0.3) is 0 Å². The van der Waals surface area contributed by atoms with Gasteiger partial charge < -0.3 is 20.5 Å². The number of methoxy groups -OCH3 is 1. The van der Waals surface area contributed by atoms with E-state index in [9.17, 15) is 0 Å². The molecule has 1 fully saturated rings. The molecule has 0 radical (unpaired) electrons. The minimum atomic E-state index is 0.359. The van der Waals surface area contributed by atoms with E-state index in [0.717, 1.165) is 25.1 Å². The maximum Gasteiger partial charge on any atom is 0.239 e. The summed E-state index contributed by atoms with van der Waals surface area (Å²) in [4.78, 5) is 4.46. The number of nitrogens with two attached hydrogens (primary N) is 1. The Bertz CT molecular complexity index is 437. The molecule has 2 rings (SSSR count). The second-order valence-corrected chi connectivity index (χ2v) is 5.81. The van der Waals surface area contributed by atoms with Crippen molar-refractivity contribution in [1.82, 2.24) is 4.98 Å². The van der Waals surface area contributed by atoms with Crippen molar-refractivity contribution >= 4 is 11.5 Å². The molecular weight excluding hydrogens is 254 g/mol. The van der Waals surface area contributed by atoms with Crippen LogP contribution in [0.2, 0.25) is 0 Å². The van der Waals surface area contributed by atoms with Crippen molar-refractivity contribution in [2.24, 2.45) is 5.92 Å². The van der Waals surface area contributed by atoms with Crippen molar-refractivity contribution < 1.29 is 9.47 Å². The van der Waals surface area contributed by atoms with Crippen LogP contribution >= 0.6 is 0 Å². The molecule has 3 N–H and O–H groups in total. The quantitative estimate of drug-likeness (QED) is 0.838. The molecule has 1 saturated carbocycles. The highest BCUT2D eigenvalue weighted by molar-refractivity contribution is 5.53. The van der Waals surface area contributed by atoms with Gasteiger partial charge in [0.2, 0.25) is 5.88 Å². The van der Waals surface area contributed by atoms with E-state index in [0.29, 0.717) is 36.2 Å². The first-order chi connectivity index (χ1) is 9.58. The maximum absolute atomic E-state index is 5.89. The molecule has 0 bridgehead atoms. The van der Waals surface area contributed by atoms with Gasteiger partial charge in [0.25, 0.3) is 0 Å². The van der Waals surface area contributed by atoms with Crippen LogP contribution in [-0.4, -0.2) is 30.8 Å². The Hall–Kier alpha value is -1.49. The molecule has 0 spiro atoms. The molecule has 1 aliphatic carbocycles. The van der Waals surface area contributed by atoms with Crippen LogP contribution in [0.4, 0.5) is 11.5 Å². The lowest BCUT2D eigenvalue weighted by Crippen LogP contribution is -2.18. The zero-order valence-corrected chi connectivity index (χ0v) is 12.6. The van der Waals surface area contributed by atoms with Crippen molar-refractivity contribution in [3.63, 3.8) is 0 Å². The zero-order chi connectivity index (χ0) is 14.5. The predicted octanol–water partition coefficient (Wildman–Crippen LogP) is 2.68. The fourth-order valence-electron chi connectivity index (χ4n) is 2.39. The summed E-state index contributed by atoms with van der Waals surface area (Å²) < 4.78 is 11.0. The smallest absolute Gasteiger partial charge is 0.239 e. The van der Waals surface area contributed by atoms with E-state index in [2.05, 4.69) is 24.1 Å². The molecule has 0 aliphatic heterocycles. The fraction of sp³-hybridized carbons (Fsp3) is 0.667. The summed E-state index contributed by atoms with van der Waals surface area (Å²) in [5, 5.41) is 3.43.